The van der Waals surface area contributed by atoms with Gasteiger partial charge in [-0.2, -0.15) is 0 Å². The first-order valence-corrected chi connectivity index (χ1v) is 19.9. The Bertz CT molecular complexity index is 1460. The van der Waals surface area contributed by atoms with Crippen LogP contribution >= 0.6 is 7.82 Å². The Morgan fingerprint density at radius 1 is 0.735 bits per heavy atom. The van der Waals surface area contributed by atoms with Gasteiger partial charge in [0.05, 0.1) is 0 Å². The van der Waals surface area contributed by atoms with Crippen LogP contribution < -0.4 is 9.64 Å². The molecule has 49 heavy (non-hydrogen) atoms. The van der Waals surface area contributed by atoms with E-state index in [1.165, 1.54) is 103 Å². The Morgan fingerprint density at radius 3 is 1.61 bits per heavy atom. The van der Waals surface area contributed by atoms with Gasteiger partial charge in [-0.1, -0.05) is 108 Å². The van der Waals surface area contributed by atoms with Gasteiger partial charge in [-0.15, -0.1) is 0 Å². The topological polar surface area (TPSA) is 93.5 Å². The van der Waals surface area contributed by atoms with Crippen LogP contribution in [0.1, 0.15) is 120 Å². The molecule has 7 nitrogen and oxygen atoms in total. The van der Waals surface area contributed by atoms with Gasteiger partial charge in [0.2, 0.25) is 0 Å². The van der Waals surface area contributed by atoms with Gasteiger partial charge in [0.1, 0.15) is 12.4 Å². The number of ether oxygens (including phenoxy) is 1. The van der Waals surface area contributed by atoms with Crippen LogP contribution in [0.25, 0.3) is 11.1 Å². The lowest BCUT2D eigenvalue weighted by atomic mass is 9.86. The molecule has 0 aromatic heterocycles. The fraction of sp³-hybridized carbons (Fsp3) is 0.512. The van der Waals surface area contributed by atoms with Crippen LogP contribution in [-0.2, 0) is 4.57 Å². The summed E-state index contributed by atoms with van der Waals surface area (Å²) >= 11 is 0. The van der Waals surface area contributed by atoms with Crippen LogP contribution in [0.4, 0.5) is 5.69 Å². The number of benzene rings is 3. The molecule has 5 rings (SSSR count). The van der Waals surface area contributed by atoms with Gasteiger partial charge in [0.25, 0.3) is 0 Å². The first kappa shape index (κ1) is 38.9. The molecule has 0 saturated heterocycles. The molecule has 0 heterocycles. The summed E-state index contributed by atoms with van der Waals surface area (Å²) in [6.45, 7) is 8.43. The highest BCUT2D eigenvalue weighted by Crippen LogP contribution is 2.39. The summed E-state index contributed by atoms with van der Waals surface area (Å²) in [6, 6.07) is 29.1. The first-order valence-electron chi connectivity index (χ1n) is 18.3. The maximum Gasteiger partial charge on any atom is 0.466 e. The molecule has 3 aromatic carbocycles. The minimum atomic E-state index is -4.64. The zero-order valence-electron chi connectivity index (χ0n) is 30.4. The molecule has 0 bridgehead atoms. The molecule has 0 radical (unpaired) electrons. The maximum absolute atomic E-state index is 8.88. The molecule has 3 aromatic rings. The lowest BCUT2D eigenvalue weighted by molar-refractivity contribution is 0.261. The van der Waals surface area contributed by atoms with Crippen LogP contribution in [0.2, 0.25) is 0 Å². The molecule has 268 valence electrons. The van der Waals surface area contributed by atoms with E-state index >= 15 is 0 Å². The Hall–Kier alpha value is -2.93. The van der Waals surface area contributed by atoms with Crippen molar-refractivity contribution in [2.45, 2.75) is 109 Å². The molecule has 2 fully saturated rings. The second-order valence-corrected chi connectivity index (χ2v) is 15.2. The van der Waals surface area contributed by atoms with Crippen molar-refractivity contribution in [1.29, 1.82) is 0 Å². The van der Waals surface area contributed by atoms with Gasteiger partial charge in [-0.05, 0) is 110 Å². The van der Waals surface area contributed by atoms with Crippen molar-refractivity contribution >= 4 is 24.7 Å². The highest BCUT2D eigenvalue weighted by Gasteiger charge is 2.29. The third-order valence-electron chi connectivity index (χ3n) is 9.92. The van der Waals surface area contributed by atoms with Crippen molar-refractivity contribution in [2.75, 3.05) is 32.1 Å². The Labute approximate surface area is 295 Å². The molecule has 0 amide bonds. The first-order chi connectivity index (χ1) is 23.4. The van der Waals surface area contributed by atoms with Crippen molar-refractivity contribution in [2.24, 2.45) is 0 Å². The minimum absolute atomic E-state index is 0.529. The minimum Gasteiger partial charge on any atom is -0.492 e. The predicted molar refractivity (Wildman–Crippen MR) is 204 cm³/mol. The summed E-state index contributed by atoms with van der Waals surface area (Å²) in [5.41, 5.74) is 9.40. The molecular weight excluding hydrogens is 631 g/mol. The zero-order chi connectivity index (χ0) is 35.4. The highest BCUT2D eigenvalue weighted by molar-refractivity contribution is 7.45. The molecule has 8 heteroatoms. The van der Waals surface area contributed by atoms with Crippen molar-refractivity contribution in [1.82, 2.24) is 4.90 Å². The van der Waals surface area contributed by atoms with Gasteiger partial charge in [0, 0.05) is 24.3 Å². The molecule has 2 aliphatic rings. The number of nitrogens with zero attached hydrogens (tertiary/aromatic N) is 2. The van der Waals surface area contributed by atoms with E-state index in [0.29, 0.717) is 24.6 Å². The number of hydrogen-bond donors (Lipinski definition) is 3. The van der Waals surface area contributed by atoms with E-state index in [0.717, 1.165) is 18.7 Å². The van der Waals surface area contributed by atoms with Crippen molar-refractivity contribution in [3.63, 3.8) is 0 Å². The van der Waals surface area contributed by atoms with Crippen LogP contribution in [0, 0.1) is 0 Å². The molecule has 0 spiro atoms. The quantitative estimate of drug-likeness (QED) is 0.129. The number of hydrogen-bond acceptors (Lipinski definition) is 4. The molecule has 2 aliphatic carbocycles. The Kier molecular flexibility index (Phi) is 15.0. The van der Waals surface area contributed by atoms with Crippen LogP contribution in [0.5, 0.6) is 5.75 Å². The summed E-state index contributed by atoms with van der Waals surface area (Å²) in [5.74, 6) is 1.46. The Balaban J connectivity index is 0.00000101. The SMILES string of the molecule is CCC(=C(c1ccc(OCCN(C)C)cc1)c1ccc(N(C2CCCCC2)C2CCCCC2)cc1)c1ccc(C(C)C)cc1.O=P(O)(O)O. The number of rotatable bonds is 12. The largest absolute Gasteiger partial charge is 0.492 e. The van der Waals surface area contributed by atoms with Gasteiger partial charge in [0.15, 0.2) is 0 Å². The highest BCUT2D eigenvalue weighted by atomic mass is 31.2. The van der Waals surface area contributed by atoms with E-state index < -0.39 is 7.82 Å². The zero-order valence-corrected chi connectivity index (χ0v) is 31.2. The summed E-state index contributed by atoms with van der Waals surface area (Å²) in [7, 11) is -0.476. The van der Waals surface area contributed by atoms with Gasteiger partial charge in [-0.25, -0.2) is 4.57 Å². The second-order valence-electron chi connectivity index (χ2n) is 14.2. The molecule has 0 atom stereocenters. The number of likely N-dealkylation sites (N-methyl/N-ethyl adjacent to an activating group) is 1. The normalized spacial score (nSPS) is 16.6. The number of anilines is 1. The van der Waals surface area contributed by atoms with Gasteiger partial charge >= 0.3 is 7.82 Å². The van der Waals surface area contributed by atoms with E-state index in [1.54, 1.807) is 0 Å². The summed E-state index contributed by atoms with van der Waals surface area (Å²) in [5, 5.41) is 0. The maximum atomic E-state index is 8.88. The summed E-state index contributed by atoms with van der Waals surface area (Å²) < 4.78 is 14.9. The van der Waals surface area contributed by atoms with Crippen molar-refractivity contribution < 1.29 is 24.0 Å². The van der Waals surface area contributed by atoms with Crippen molar-refractivity contribution in [3.8, 4) is 5.75 Å². The Morgan fingerprint density at radius 2 is 1.18 bits per heavy atom. The standard InChI is InChI=1S/C41H56N2O.H3O4P/c1-6-40(33-19-17-32(18-20-33)31(2)3)41(35-23-27-39(28-24-35)44-30-29-42(4)5)34-21-25-38(26-22-34)43(36-13-9-7-10-14-36)37-15-11-8-12-16-37;1-5(2,3)4/h17-28,31,36-37H,6-16,29-30H2,1-5H3;(H3,1,2,3,4). The fourth-order valence-electron chi connectivity index (χ4n) is 7.41. The smallest absolute Gasteiger partial charge is 0.466 e. The molecular formula is C41H59N2O5P. The van der Waals surface area contributed by atoms with E-state index in [1.807, 2.05) is 0 Å². The molecule has 0 aliphatic heterocycles. The van der Waals surface area contributed by atoms with E-state index in [-0.39, 0.29) is 0 Å². The molecule has 2 saturated carbocycles. The lowest BCUT2D eigenvalue weighted by Gasteiger charge is -2.43. The van der Waals surface area contributed by atoms with E-state index in [2.05, 4.69) is 117 Å². The van der Waals surface area contributed by atoms with Crippen LogP contribution in [0.15, 0.2) is 72.8 Å². The number of phosphoric acid groups is 1. The lowest BCUT2D eigenvalue weighted by Crippen LogP contribution is -2.45. The van der Waals surface area contributed by atoms with E-state index in [9.17, 15) is 0 Å². The van der Waals surface area contributed by atoms with Gasteiger partial charge in [-0.3, -0.25) is 0 Å². The third-order valence-corrected chi connectivity index (χ3v) is 9.92. The fourth-order valence-corrected chi connectivity index (χ4v) is 7.41. The van der Waals surface area contributed by atoms with Crippen LogP contribution in [0.3, 0.4) is 0 Å². The van der Waals surface area contributed by atoms with Crippen molar-refractivity contribution in [3.05, 3.63) is 95.1 Å². The number of allylic oxidation sites excluding steroid dienone is 1. The third kappa shape index (κ3) is 12.1. The van der Waals surface area contributed by atoms with Gasteiger partial charge < -0.3 is 29.2 Å². The van der Waals surface area contributed by atoms with Crippen LogP contribution in [-0.4, -0.2) is 58.9 Å². The monoisotopic (exact) mass is 690 g/mol. The molecule has 3 N–H and O–H groups in total. The van der Waals surface area contributed by atoms with E-state index in [4.69, 9.17) is 24.0 Å². The summed E-state index contributed by atoms with van der Waals surface area (Å²) in [6.07, 6.45) is 14.7. The second kappa shape index (κ2) is 18.9. The average Bonchev–Trinajstić information content (AvgIpc) is 3.08. The average molecular weight is 691 g/mol. The predicted octanol–water partition coefficient (Wildman–Crippen LogP) is 9.66. The summed E-state index contributed by atoms with van der Waals surface area (Å²) in [4.78, 5) is 26.6. The molecule has 0 unspecified atom stereocenters.